The van der Waals surface area contributed by atoms with Crippen molar-refractivity contribution < 1.29 is 17.9 Å². The molecule has 0 aliphatic heterocycles. The Hall–Kier alpha value is 0.150. The van der Waals surface area contributed by atoms with Crippen LogP contribution in [0.3, 0.4) is 0 Å². The fourth-order valence-electron chi connectivity index (χ4n) is 1.36. The number of rotatable bonds is 1. The van der Waals surface area contributed by atoms with Crippen molar-refractivity contribution >= 4 is 78.3 Å². The number of alkyl halides is 3. The first-order valence-corrected chi connectivity index (χ1v) is 9.02. The topological polar surface area (TPSA) is 9.23 Å². The van der Waals surface area contributed by atoms with Crippen molar-refractivity contribution in [3.63, 3.8) is 0 Å². The van der Waals surface area contributed by atoms with E-state index in [-0.39, 0.29) is 10.0 Å². The van der Waals surface area contributed by atoms with Gasteiger partial charge in [-0.25, -0.2) is 0 Å². The summed E-state index contributed by atoms with van der Waals surface area (Å²) in [6.45, 7) is 1.93. The zero-order valence-electron chi connectivity index (χ0n) is 11.6. The molecule has 0 spiro atoms. The average molecular weight is 550 g/mol. The maximum absolute atomic E-state index is 11.9. The first-order valence-electron chi connectivity index (χ1n) is 5.92. The maximum Gasteiger partial charge on any atom is 0.573 e. The van der Waals surface area contributed by atoms with E-state index in [1.807, 2.05) is 13.0 Å². The fourth-order valence-corrected chi connectivity index (χ4v) is 3.84. The van der Waals surface area contributed by atoms with Gasteiger partial charge in [-0.15, -0.1) is 13.2 Å². The van der Waals surface area contributed by atoms with Crippen LogP contribution in [0.25, 0.3) is 0 Å². The number of halogens is 9. The second-order valence-corrected chi connectivity index (χ2v) is 7.67. The standard InChI is InChI=1S/C7H2BrCl2F3O.C7H5BrCl2/c8-3-1-4(9)6(5(10)2-3)14-7(11,12)13;1-4-6(8)2-5(9)3-7(4)10/h1-2H;2-3H,1H3. The number of benzene rings is 2. The van der Waals surface area contributed by atoms with E-state index in [0.29, 0.717) is 14.5 Å². The summed E-state index contributed by atoms with van der Waals surface area (Å²) >= 11 is 28.9. The van der Waals surface area contributed by atoms with Crippen LogP contribution in [-0.2, 0) is 0 Å². The van der Waals surface area contributed by atoms with E-state index in [9.17, 15) is 13.2 Å². The molecule has 1 nitrogen and oxygen atoms in total. The van der Waals surface area contributed by atoms with E-state index in [1.165, 1.54) is 12.1 Å². The number of hydrogen-bond donors (Lipinski definition) is 0. The Morgan fingerprint density at radius 1 is 0.875 bits per heavy atom. The van der Waals surface area contributed by atoms with Crippen LogP contribution in [-0.4, -0.2) is 6.36 Å². The van der Waals surface area contributed by atoms with Gasteiger partial charge in [0.1, 0.15) is 0 Å². The van der Waals surface area contributed by atoms with Gasteiger partial charge in [0.2, 0.25) is 0 Å². The van der Waals surface area contributed by atoms with E-state index < -0.39 is 12.1 Å². The smallest absolute Gasteiger partial charge is 0.403 e. The summed E-state index contributed by atoms with van der Waals surface area (Å²) in [4.78, 5) is 0. The molecule has 0 aromatic heterocycles. The highest BCUT2D eigenvalue weighted by Gasteiger charge is 2.33. The Labute approximate surface area is 173 Å². The van der Waals surface area contributed by atoms with Crippen molar-refractivity contribution in [2.24, 2.45) is 0 Å². The van der Waals surface area contributed by atoms with E-state index >= 15 is 0 Å². The van der Waals surface area contributed by atoms with Crippen LogP contribution in [0.15, 0.2) is 33.2 Å². The summed E-state index contributed by atoms with van der Waals surface area (Å²) in [6, 6.07) is 6.06. The van der Waals surface area contributed by atoms with Crippen LogP contribution in [0.4, 0.5) is 13.2 Å². The van der Waals surface area contributed by atoms with Crippen LogP contribution in [0.1, 0.15) is 5.56 Å². The molecule has 2 rings (SSSR count). The van der Waals surface area contributed by atoms with Gasteiger partial charge in [0.25, 0.3) is 0 Å². The highest BCUT2D eigenvalue weighted by molar-refractivity contribution is 9.10. The SMILES string of the molecule is Cc1c(Cl)cc(Cl)cc1Br.FC(F)(F)Oc1c(Cl)cc(Br)cc1Cl. The number of hydrogen-bond acceptors (Lipinski definition) is 1. The molecule has 132 valence electrons. The predicted molar refractivity (Wildman–Crippen MR) is 99.7 cm³/mol. The Morgan fingerprint density at radius 3 is 1.79 bits per heavy atom. The van der Waals surface area contributed by atoms with Crippen molar-refractivity contribution in [1.29, 1.82) is 0 Å². The highest BCUT2D eigenvalue weighted by Crippen LogP contribution is 2.38. The summed E-state index contributed by atoms with van der Waals surface area (Å²) in [6.07, 6.45) is -4.80. The maximum atomic E-state index is 11.9. The Bertz CT molecular complexity index is 692. The normalized spacial score (nSPS) is 10.9. The summed E-state index contributed by atoms with van der Waals surface area (Å²) < 4.78 is 40.6. The molecule has 2 aromatic rings. The van der Waals surface area contributed by atoms with Crippen molar-refractivity contribution in [3.8, 4) is 5.75 Å². The third-order valence-electron chi connectivity index (χ3n) is 2.43. The molecule has 0 fully saturated rings. The molecule has 10 heteroatoms. The summed E-state index contributed by atoms with van der Waals surface area (Å²) in [5.41, 5.74) is 1.02. The van der Waals surface area contributed by atoms with Crippen LogP contribution in [0.5, 0.6) is 5.75 Å². The zero-order valence-corrected chi connectivity index (χ0v) is 17.8. The minimum Gasteiger partial charge on any atom is -0.403 e. The molecule has 0 N–H and O–H groups in total. The van der Waals surface area contributed by atoms with Gasteiger partial charge in [-0.05, 0) is 36.8 Å². The van der Waals surface area contributed by atoms with Gasteiger partial charge in [-0.1, -0.05) is 78.3 Å². The van der Waals surface area contributed by atoms with Crippen LogP contribution < -0.4 is 4.74 Å². The second-order valence-electron chi connectivity index (χ2n) is 4.24. The molecule has 0 heterocycles. The second kappa shape index (κ2) is 9.19. The first kappa shape index (κ1) is 22.2. The summed E-state index contributed by atoms with van der Waals surface area (Å²) in [5.74, 6) is -0.593. The molecule has 0 saturated carbocycles. The van der Waals surface area contributed by atoms with Gasteiger partial charge in [-0.2, -0.15) is 0 Å². The van der Waals surface area contributed by atoms with Gasteiger partial charge < -0.3 is 4.74 Å². The lowest BCUT2D eigenvalue weighted by atomic mass is 10.2. The molecule has 0 bridgehead atoms. The molecule has 0 aliphatic carbocycles. The molecule has 0 saturated heterocycles. The lowest BCUT2D eigenvalue weighted by Gasteiger charge is -2.11. The molecular weight excluding hydrogens is 543 g/mol. The third kappa shape index (κ3) is 7.18. The Balaban J connectivity index is 0.000000254. The Kier molecular flexibility index (Phi) is 8.50. The molecule has 0 radical (unpaired) electrons. The molecule has 0 atom stereocenters. The molecular formula is C14H7Br2Cl4F3O. The van der Waals surface area contributed by atoms with Gasteiger partial charge in [0.05, 0.1) is 10.0 Å². The monoisotopic (exact) mass is 546 g/mol. The van der Waals surface area contributed by atoms with Gasteiger partial charge >= 0.3 is 6.36 Å². The lowest BCUT2D eigenvalue weighted by Crippen LogP contribution is -2.17. The molecule has 0 unspecified atom stereocenters. The summed E-state index contributed by atoms with van der Waals surface area (Å²) in [7, 11) is 0. The highest BCUT2D eigenvalue weighted by atomic mass is 79.9. The Morgan fingerprint density at radius 2 is 1.38 bits per heavy atom. The number of ether oxygens (including phenoxy) is 1. The van der Waals surface area contributed by atoms with Crippen molar-refractivity contribution in [2.75, 3.05) is 0 Å². The van der Waals surface area contributed by atoms with E-state index in [1.54, 1.807) is 6.07 Å². The van der Waals surface area contributed by atoms with Gasteiger partial charge in [-0.3, -0.25) is 0 Å². The zero-order chi connectivity index (χ0) is 18.7. The first-order chi connectivity index (χ1) is 10.9. The summed E-state index contributed by atoms with van der Waals surface area (Å²) in [5, 5.41) is 0.935. The lowest BCUT2D eigenvalue weighted by molar-refractivity contribution is -0.274. The fraction of sp³-hybridized carbons (Fsp3) is 0.143. The molecule has 0 aliphatic rings. The largest absolute Gasteiger partial charge is 0.573 e. The van der Waals surface area contributed by atoms with Crippen molar-refractivity contribution in [1.82, 2.24) is 0 Å². The molecule has 0 amide bonds. The van der Waals surface area contributed by atoms with Crippen molar-refractivity contribution in [3.05, 3.63) is 58.9 Å². The molecule has 2 aromatic carbocycles. The van der Waals surface area contributed by atoms with E-state index in [0.717, 1.165) is 10.0 Å². The van der Waals surface area contributed by atoms with Crippen LogP contribution >= 0.6 is 78.3 Å². The van der Waals surface area contributed by atoms with Gasteiger partial charge in [0.15, 0.2) is 5.75 Å². The molecule has 24 heavy (non-hydrogen) atoms. The van der Waals surface area contributed by atoms with E-state index in [2.05, 4.69) is 36.6 Å². The third-order valence-corrected chi connectivity index (χ3v) is 4.88. The van der Waals surface area contributed by atoms with Gasteiger partial charge in [0, 0.05) is 19.0 Å². The van der Waals surface area contributed by atoms with Crippen LogP contribution in [0.2, 0.25) is 20.1 Å². The minimum atomic E-state index is -4.80. The predicted octanol–water partition coefficient (Wildman–Crippen LogP) is 8.72. The quantitative estimate of drug-likeness (QED) is 0.346. The minimum absolute atomic E-state index is 0.207. The van der Waals surface area contributed by atoms with E-state index in [4.69, 9.17) is 46.4 Å². The van der Waals surface area contributed by atoms with Crippen LogP contribution in [0, 0.1) is 6.92 Å². The van der Waals surface area contributed by atoms with Crippen molar-refractivity contribution in [2.45, 2.75) is 13.3 Å². The average Bonchev–Trinajstić information content (AvgIpc) is 2.40.